The first-order chi connectivity index (χ1) is 10.2. The number of nitrogens with one attached hydrogen (secondary N) is 2. The fourth-order valence-electron chi connectivity index (χ4n) is 1.61. The fourth-order valence-corrected chi connectivity index (χ4v) is 2.37. The van der Waals surface area contributed by atoms with Crippen LogP contribution >= 0.6 is 11.3 Å². The van der Waals surface area contributed by atoms with Gasteiger partial charge in [-0.2, -0.15) is 0 Å². The quantitative estimate of drug-likeness (QED) is 0.740. The molecule has 1 amide bonds. The molecule has 0 saturated carbocycles. The van der Waals surface area contributed by atoms with Crippen LogP contribution in [0.5, 0.6) is 0 Å². The highest BCUT2D eigenvalue weighted by Crippen LogP contribution is 2.13. The molecule has 0 radical (unpaired) electrons. The predicted molar refractivity (Wildman–Crippen MR) is 81.1 cm³/mol. The summed E-state index contributed by atoms with van der Waals surface area (Å²) in [4.78, 5) is 26.4. The third-order valence-corrected chi connectivity index (χ3v) is 3.52. The van der Waals surface area contributed by atoms with Crippen LogP contribution in [0.1, 0.15) is 27.2 Å². The maximum atomic E-state index is 11.9. The van der Waals surface area contributed by atoms with Crippen molar-refractivity contribution in [3.05, 3.63) is 56.1 Å². The van der Waals surface area contributed by atoms with Crippen molar-refractivity contribution in [2.75, 3.05) is 6.61 Å². The molecule has 0 bridgehead atoms. The zero-order valence-corrected chi connectivity index (χ0v) is 12.0. The maximum absolute atomic E-state index is 11.9. The first kappa shape index (κ1) is 15.0. The maximum Gasteiger partial charge on any atom is 0.251 e. The molecule has 6 heteroatoms. The number of H-pyrrole nitrogens is 1. The van der Waals surface area contributed by atoms with Gasteiger partial charge < -0.3 is 15.4 Å². The van der Waals surface area contributed by atoms with E-state index in [0.29, 0.717) is 18.5 Å². The summed E-state index contributed by atoms with van der Waals surface area (Å²) in [5.41, 5.74) is 0.896. The Bertz CT molecular complexity index is 737. The topological polar surface area (TPSA) is 82.2 Å². The second kappa shape index (κ2) is 7.43. The van der Waals surface area contributed by atoms with Gasteiger partial charge in [0, 0.05) is 40.1 Å². The number of pyridine rings is 1. The van der Waals surface area contributed by atoms with Crippen LogP contribution in [0.2, 0.25) is 0 Å². The molecular formula is C15H14N2O3S. The highest BCUT2D eigenvalue weighted by atomic mass is 32.1. The van der Waals surface area contributed by atoms with E-state index in [-0.39, 0.29) is 18.1 Å². The molecule has 2 aromatic rings. The molecule has 0 spiro atoms. The van der Waals surface area contributed by atoms with Gasteiger partial charge in [0.05, 0.1) is 13.2 Å². The SMILES string of the molecule is O=C(NCc1cc(C#CCCO)cs1)c1cc[nH]c(=O)c1. The third-order valence-electron chi connectivity index (χ3n) is 2.58. The molecule has 2 aromatic heterocycles. The Morgan fingerprint density at radius 3 is 3.05 bits per heavy atom. The molecular weight excluding hydrogens is 288 g/mol. The van der Waals surface area contributed by atoms with E-state index in [9.17, 15) is 9.59 Å². The van der Waals surface area contributed by atoms with Crippen LogP contribution in [0.4, 0.5) is 0 Å². The Balaban J connectivity index is 1.93. The Kier molecular flexibility index (Phi) is 5.32. The van der Waals surface area contributed by atoms with Gasteiger partial charge in [-0.1, -0.05) is 11.8 Å². The van der Waals surface area contributed by atoms with Crippen LogP contribution in [-0.4, -0.2) is 22.6 Å². The smallest absolute Gasteiger partial charge is 0.251 e. The van der Waals surface area contributed by atoms with Gasteiger partial charge in [0.2, 0.25) is 5.56 Å². The lowest BCUT2D eigenvalue weighted by Gasteiger charge is -2.02. The van der Waals surface area contributed by atoms with Crippen molar-refractivity contribution in [3.63, 3.8) is 0 Å². The second-order valence-electron chi connectivity index (χ2n) is 4.20. The van der Waals surface area contributed by atoms with Crippen molar-refractivity contribution < 1.29 is 9.90 Å². The monoisotopic (exact) mass is 302 g/mol. The molecule has 21 heavy (non-hydrogen) atoms. The van der Waals surface area contributed by atoms with E-state index in [0.717, 1.165) is 10.4 Å². The van der Waals surface area contributed by atoms with Gasteiger partial charge in [-0.15, -0.1) is 11.3 Å². The fraction of sp³-hybridized carbons (Fsp3) is 0.200. The van der Waals surface area contributed by atoms with Crippen LogP contribution in [0.25, 0.3) is 0 Å². The van der Waals surface area contributed by atoms with Crippen molar-refractivity contribution in [2.45, 2.75) is 13.0 Å². The normalized spacial score (nSPS) is 9.76. The van der Waals surface area contributed by atoms with Crippen LogP contribution in [-0.2, 0) is 6.54 Å². The lowest BCUT2D eigenvalue weighted by molar-refractivity contribution is 0.0951. The van der Waals surface area contributed by atoms with Gasteiger partial charge in [0.25, 0.3) is 5.91 Å². The molecule has 108 valence electrons. The summed E-state index contributed by atoms with van der Waals surface area (Å²) in [6.45, 7) is 0.439. The summed E-state index contributed by atoms with van der Waals surface area (Å²) >= 11 is 1.50. The Morgan fingerprint density at radius 1 is 1.43 bits per heavy atom. The molecule has 0 aliphatic rings. The zero-order chi connectivity index (χ0) is 15.1. The van der Waals surface area contributed by atoms with Crippen LogP contribution in [0.15, 0.2) is 34.6 Å². The first-order valence-corrected chi connectivity index (χ1v) is 7.21. The summed E-state index contributed by atoms with van der Waals surface area (Å²) in [6.07, 6.45) is 1.89. The standard InChI is InChI=1S/C15H14N2O3S/c18-6-2-1-3-11-7-13(21-10-11)9-17-15(20)12-4-5-16-14(19)8-12/h4-5,7-8,10,18H,2,6,9H2,(H,16,19)(H,17,20). The van der Waals surface area contributed by atoms with Crippen molar-refractivity contribution in [1.29, 1.82) is 0 Å². The van der Waals surface area contributed by atoms with E-state index < -0.39 is 0 Å². The number of amides is 1. The predicted octanol–water partition coefficient (Wildman–Crippen LogP) is 1.10. The average Bonchev–Trinajstić information content (AvgIpc) is 2.93. The van der Waals surface area contributed by atoms with Gasteiger partial charge in [0.1, 0.15) is 0 Å². The molecule has 0 aromatic carbocycles. The number of thiophene rings is 1. The molecule has 2 rings (SSSR count). The number of hydrogen-bond donors (Lipinski definition) is 3. The Labute approximate surface area is 125 Å². The van der Waals surface area contributed by atoms with Gasteiger partial charge >= 0.3 is 0 Å². The van der Waals surface area contributed by atoms with E-state index in [2.05, 4.69) is 22.1 Å². The zero-order valence-electron chi connectivity index (χ0n) is 11.2. The molecule has 3 N–H and O–H groups in total. The summed E-state index contributed by atoms with van der Waals surface area (Å²) in [5.74, 6) is 5.49. The van der Waals surface area contributed by atoms with Crippen LogP contribution in [0, 0.1) is 11.8 Å². The summed E-state index contributed by atoms with van der Waals surface area (Å²) < 4.78 is 0. The molecule has 0 fully saturated rings. The number of aromatic nitrogens is 1. The van der Waals surface area contributed by atoms with Crippen LogP contribution in [0.3, 0.4) is 0 Å². The number of carbonyl (C=O) groups excluding carboxylic acids is 1. The molecule has 0 aliphatic carbocycles. The first-order valence-electron chi connectivity index (χ1n) is 6.33. The molecule has 2 heterocycles. The summed E-state index contributed by atoms with van der Waals surface area (Å²) in [7, 11) is 0. The van der Waals surface area contributed by atoms with Gasteiger partial charge in [-0.3, -0.25) is 9.59 Å². The number of aromatic amines is 1. The van der Waals surface area contributed by atoms with E-state index >= 15 is 0 Å². The largest absolute Gasteiger partial charge is 0.395 e. The lowest BCUT2D eigenvalue weighted by atomic mass is 10.2. The average molecular weight is 302 g/mol. The van der Waals surface area contributed by atoms with Gasteiger partial charge in [-0.25, -0.2) is 0 Å². The highest BCUT2D eigenvalue weighted by molar-refractivity contribution is 7.10. The van der Waals surface area contributed by atoms with Crippen molar-refractivity contribution in [3.8, 4) is 11.8 Å². The second-order valence-corrected chi connectivity index (χ2v) is 5.20. The number of carbonyl (C=O) groups is 1. The van der Waals surface area contributed by atoms with Crippen molar-refractivity contribution in [2.24, 2.45) is 0 Å². The molecule has 0 aliphatic heterocycles. The van der Waals surface area contributed by atoms with Crippen molar-refractivity contribution in [1.82, 2.24) is 10.3 Å². The summed E-state index contributed by atoms with van der Waals surface area (Å²) in [6, 6.07) is 4.71. The van der Waals surface area contributed by atoms with E-state index in [1.807, 2.05) is 11.4 Å². The molecule has 5 nitrogen and oxygen atoms in total. The lowest BCUT2D eigenvalue weighted by Crippen LogP contribution is -2.23. The Hall–Kier alpha value is -2.36. The number of aliphatic hydroxyl groups excluding tert-OH is 1. The molecule has 0 unspecified atom stereocenters. The molecule has 0 saturated heterocycles. The van der Waals surface area contributed by atoms with Crippen molar-refractivity contribution >= 4 is 17.2 Å². The minimum atomic E-state index is -0.305. The minimum absolute atomic E-state index is 0.0518. The van der Waals surface area contributed by atoms with E-state index in [1.165, 1.54) is 23.6 Å². The van der Waals surface area contributed by atoms with Gasteiger partial charge in [-0.05, 0) is 12.1 Å². The van der Waals surface area contributed by atoms with E-state index in [4.69, 9.17) is 5.11 Å². The number of hydrogen-bond acceptors (Lipinski definition) is 4. The third kappa shape index (κ3) is 4.60. The van der Waals surface area contributed by atoms with Gasteiger partial charge in [0.15, 0.2) is 0 Å². The molecule has 0 atom stereocenters. The Morgan fingerprint density at radius 2 is 2.29 bits per heavy atom. The highest BCUT2D eigenvalue weighted by Gasteiger charge is 2.06. The van der Waals surface area contributed by atoms with Crippen LogP contribution < -0.4 is 10.9 Å². The number of rotatable bonds is 4. The minimum Gasteiger partial charge on any atom is -0.395 e. The summed E-state index contributed by atoms with van der Waals surface area (Å²) in [5, 5.41) is 13.3. The number of aliphatic hydroxyl groups is 1. The van der Waals surface area contributed by atoms with E-state index in [1.54, 1.807) is 6.07 Å².